The van der Waals surface area contributed by atoms with E-state index >= 15 is 0 Å². The SMILES string of the molecule is CN[C@H](CCc1ccccc1)C(=O)NCC(=O)NCC(=O)N[C@H](C=O)Cc1ccc(C(=O)NCCC=O)cc1.Cc1ccc(-c2ccccc2)cc1.Cc1ccccc1. The van der Waals surface area contributed by atoms with Crippen molar-refractivity contribution in [1.29, 1.82) is 0 Å². The topological polar surface area (TPSA) is 163 Å². The molecule has 0 saturated carbocycles. The van der Waals surface area contributed by atoms with Crippen LogP contribution < -0.4 is 26.6 Å². The normalized spacial score (nSPS) is 11.1. The lowest BCUT2D eigenvalue weighted by molar-refractivity contribution is -0.128. The van der Waals surface area contributed by atoms with Crippen molar-refractivity contribution in [3.05, 3.63) is 167 Å². The maximum absolute atomic E-state index is 12.4. The van der Waals surface area contributed by atoms with E-state index in [1.165, 1.54) is 22.3 Å². The molecule has 4 amide bonds. The van der Waals surface area contributed by atoms with Crippen LogP contribution in [-0.4, -0.2) is 75.0 Å². The van der Waals surface area contributed by atoms with Crippen LogP contribution >= 0.6 is 0 Å². The van der Waals surface area contributed by atoms with Gasteiger partial charge in [0.1, 0.15) is 12.6 Å². The highest BCUT2D eigenvalue weighted by atomic mass is 16.2. The molecule has 5 N–H and O–H groups in total. The van der Waals surface area contributed by atoms with E-state index in [4.69, 9.17) is 0 Å². The summed E-state index contributed by atoms with van der Waals surface area (Å²) >= 11 is 0. The van der Waals surface area contributed by atoms with Gasteiger partial charge in [0, 0.05) is 18.5 Å². The first-order valence-corrected chi connectivity index (χ1v) is 19.6. The second-order valence-corrected chi connectivity index (χ2v) is 13.7. The fourth-order valence-electron chi connectivity index (χ4n) is 5.59. The molecular formula is C48H55N5O6. The molecule has 2 atom stereocenters. The van der Waals surface area contributed by atoms with Gasteiger partial charge >= 0.3 is 0 Å². The molecule has 5 rings (SSSR count). The van der Waals surface area contributed by atoms with Crippen molar-refractivity contribution in [2.45, 2.75) is 51.6 Å². The number of hydrogen-bond donors (Lipinski definition) is 5. The average Bonchev–Trinajstić information content (AvgIpc) is 3.27. The Bertz CT molecular complexity index is 2010. The van der Waals surface area contributed by atoms with E-state index < -0.39 is 23.9 Å². The lowest BCUT2D eigenvalue weighted by Crippen LogP contribution is -2.48. The van der Waals surface area contributed by atoms with Crippen LogP contribution in [-0.2, 0) is 36.8 Å². The van der Waals surface area contributed by atoms with Crippen LogP contribution in [0.1, 0.15) is 45.5 Å². The molecule has 0 spiro atoms. The summed E-state index contributed by atoms with van der Waals surface area (Å²) in [6.07, 6.45) is 2.99. The Labute approximate surface area is 347 Å². The van der Waals surface area contributed by atoms with Crippen LogP contribution in [0.4, 0.5) is 0 Å². The zero-order chi connectivity index (χ0) is 42.7. The maximum atomic E-state index is 12.4. The molecule has 0 aromatic heterocycles. The Morgan fingerprint density at radius 1 is 0.593 bits per heavy atom. The number of rotatable bonds is 18. The average molecular weight is 798 g/mol. The fourth-order valence-corrected chi connectivity index (χ4v) is 5.59. The Balaban J connectivity index is 0.000000372. The van der Waals surface area contributed by atoms with E-state index in [1.807, 2.05) is 54.6 Å². The van der Waals surface area contributed by atoms with Gasteiger partial charge in [-0.05, 0) is 74.5 Å². The van der Waals surface area contributed by atoms with Crippen LogP contribution in [0.3, 0.4) is 0 Å². The fraction of sp³-hybridized carbons (Fsp3) is 0.250. The number of aryl methyl sites for hydroxylation is 3. The molecule has 11 heteroatoms. The molecule has 0 radical (unpaired) electrons. The Morgan fingerprint density at radius 2 is 1.15 bits per heavy atom. The molecule has 0 aliphatic carbocycles. The van der Waals surface area contributed by atoms with Crippen molar-refractivity contribution in [1.82, 2.24) is 26.6 Å². The molecule has 0 aliphatic rings. The molecule has 308 valence electrons. The van der Waals surface area contributed by atoms with Gasteiger partial charge < -0.3 is 36.2 Å². The smallest absolute Gasteiger partial charge is 0.251 e. The van der Waals surface area contributed by atoms with Crippen LogP contribution in [0.2, 0.25) is 0 Å². The third-order valence-electron chi connectivity index (χ3n) is 8.93. The maximum Gasteiger partial charge on any atom is 0.251 e. The number of carbonyl (C=O) groups is 6. The second-order valence-electron chi connectivity index (χ2n) is 13.7. The Kier molecular flexibility index (Phi) is 21.4. The van der Waals surface area contributed by atoms with Gasteiger partial charge in [-0.1, -0.05) is 139 Å². The number of amides is 4. The van der Waals surface area contributed by atoms with Gasteiger partial charge in [-0.3, -0.25) is 19.2 Å². The van der Waals surface area contributed by atoms with Gasteiger partial charge in [-0.2, -0.15) is 0 Å². The van der Waals surface area contributed by atoms with Crippen molar-refractivity contribution in [3.63, 3.8) is 0 Å². The molecule has 0 heterocycles. The first-order valence-electron chi connectivity index (χ1n) is 19.6. The summed E-state index contributed by atoms with van der Waals surface area (Å²) in [5.74, 6) is -1.74. The van der Waals surface area contributed by atoms with Crippen LogP contribution in [0.25, 0.3) is 11.1 Å². The predicted molar refractivity (Wildman–Crippen MR) is 233 cm³/mol. The predicted octanol–water partition coefficient (Wildman–Crippen LogP) is 5.34. The van der Waals surface area contributed by atoms with E-state index in [2.05, 4.69) is 101 Å². The highest BCUT2D eigenvalue weighted by molar-refractivity contribution is 5.94. The zero-order valence-electron chi connectivity index (χ0n) is 34.0. The minimum absolute atomic E-state index is 0.195. The van der Waals surface area contributed by atoms with E-state index in [9.17, 15) is 28.8 Å². The second kappa shape index (κ2) is 27.0. The molecule has 5 aromatic rings. The molecule has 5 aromatic carbocycles. The molecule has 59 heavy (non-hydrogen) atoms. The van der Waals surface area contributed by atoms with Gasteiger partial charge in [0.15, 0.2) is 0 Å². The number of likely N-dealkylation sites (N-methyl/N-ethyl adjacent to an activating group) is 1. The van der Waals surface area contributed by atoms with E-state index in [1.54, 1.807) is 31.3 Å². The van der Waals surface area contributed by atoms with Crippen LogP contribution in [0.15, 0.2) is 140 Å². The third-order valence-corrected chi connectivity index (χ3v) is 8.93. The van der Waals surface area contributed by atoms with Gasteiger partial charge in [0.05, 0.1) is 25.2 Å². The molecule has 0 saturated heterocycles. The number of hydrogen-bond acceptors (Lipinski definition) is 7. The van der Waals surface area contributed by atoms with Crippen LogP contribution in [0, 0.1) is 13.8 Å². The monoisotopic (exact) mass is 797 g/mol. The van der Waals surface area contributed by atoms with E-state index in [0.29, 0.717) is 24.7 Å². The summed E-state index contributed by atoms with van der Waals surface area (Å²) in [5.41, 5.74) is 7.42. The quantitative estimate of drug-likeness (QED) is 0.0591. The Morgan fingerprint density at radius 3 is 1.71 bits per heavy atom. The summed E-state index contributed by atoms with van der Waals surface area (Å²) in [6, 6.07) is 44.2. The third kappa shape index (κ3) is 18.9. The molecule has 0 aliphatic heterocycles. The van der Waals surface area contributed by atoms with Crippen molar-refractivity contribution in [3.8, 4) is 11.1 Å². The molecular weight excluding hydrogens is 743 g/mol. The first-order chi connectivity index (χ1) is 28.6. The lowest BCUT2D eigenvalue weighted by Gasteiger charge is -2.16. The van der Waals surface area contributed by atoms with Crippen molar-refractivity contribution in [2.24, 2.45) is 0 Å². The van der Waals surface area contributed by atoms with E-state index in [-0.39, 0.29) is 44.3 Å². The largest absolute Gasteiger partial charge is 0.352 e. The van der Waals surface area contributed by atoms with Gasteiger partial charge in [-0.15, -0.1) is 0 Å². The number of benzene rings is 5. The summed E-state index contributed by atoms with van der Waals surface area (Å²) in [4.78, 5) is 70.6. The molecule has 0 fully saturated rings. The van der Waals surface area contributed by atoms with Crippen molar-refractivity contribution in [2.75, 3.05) is 26.7 Å². The summed E-state index contributed by atoms with van der Waals surface area (Å²) in [6.45, 7) is 3.79. The minimum Gasteiger partial charge on any atom is -0.352 e. The van der Waals surface area contributed by atoms with Crippen LogP contribution in [0.5, 0.6) is 0 Å². The summed E-state index contributed by atoms with van der Waals surface area (Å²) in [5, 5.41) is 13.1. The summed E-state index contributed by atoms with van der Waals surface area (Å²) < 4.78 is 0. The van der Waals surface area contributed by atoms with Crippen molar-refractivity contribution >= 4 is 36.2 Å². The first kappa shape index (κ1) is 46.7. The van der Waals surface area contributed by atoms with Gasteiger partial charge in [0.2, 0.25) is 17.7 Å². The Hall–Kier alpha value is -6.72. The highest BCUT2D eigenvalue weighted by Crippen LogP contribution is 2.18. The number of aldehydes is 2. The number of carbonyl (C=O) groups excluding carboxylic acids is 6. The minimum atomic E-state index is -0.831. The van der Waals surface area contributed by atoms with Gasteiger partial charge in [0.25, 0.3) is 5.91 Å². The highest BCUT2D eigenvalue weighted by Gasteiger charge is 2.18. The zero-order valence-corrected chi connectivity index (χ0v) is 34.0. The summed E-state index contributed by atoms with van der Waals surface area (Å²) in [7, 11) is 1.67. The molecule has 11 nitrogen and oxygen atoms in total. The standard InChI is InChI=1S/C28H35N5O6.C13H12.C7H8/c1-29-24(13-10-20-6-3-2-4-7-20)28(39)32-17-25(36)31-18-26(37)33-23(19-35)16-21-8-11-22(12-9-21)27(38)30-14-5-15-34;1-11-7-9-13(10-8-11)12-5-3-2-4-6-12;1-7-5-3-2-4-6-7/h2-4,6-9,11-12,15,19,23-24,29H,5,10,13-14,16-18H2,1H3,(H,30,38)(H,31,36)(H,32,39)(H,33,37);2-10H,1H3;2-6H,1H3/t23-,24+;;/m0../s1. The van der Waals surface area contributed by atoms with Crippen molar-refractivity contribution < 1.29 is 28.8 Å². The van der Waals surface area contributed by atoms with Gasteiger partial charge in [-0.25, -0.2) is 0 Å². The molecule has 0 unspecified atom stereocenters. The van der Waals surface area contributed by atoms with E-state index in [0.717, 1.165) is 17.4 Å². The molecule has 0 bridgehead atoms. The lowest BCUT2D eigenvalue weighted by atomic mass is 10.0. The number of nitrogens with one attached hydrogen (secondary N) is 5.